The number of nitrogens with one attached hydrogen (secondary N) is 1. The van der Waals surface area contributed by atoms with E-state index in [1.165, 1.54) is 15.6 Å². The fourth-order valence-corrected chi connectivity index (χ4v) is 5.64. The number of piperidine rings is 1. The predicted octanol–water partition coefficient (Wildman–Crippen LogP) is 1.39. The van der Waals surface area contributed by atoms with Gasteiger partial charge in [0.1, 0.15) is 4.21 Å². The number of hydrogen-bond acceptors (Lipinski definition) is 5. The normalized spacial score (nSPS) is 17.3. The zero-order valence-electron chi connectivity index (χ0n) is 14.6. The van der Waals surface area contributed by atoms with Crippen LogP contribution in [0.5, 0.6) is 0 Å². The Hall–Kier alpha value is -0.960. The molecule has 1 aliphatic heterocycles. The maximum atomic E-state index is 12.7. The van der Waals surface area contributed by atoms with Crippen molar-refractivity contribution in [3.05, 3.63) is 17.0 Å². The van der Waals surface area contributed by atoms with Gasteiger partial charge in [-0.1, -0.05) is 6.92 Å². The zero-order valence-corrected chi connectivity index (χ0v) is 16.3. The highest BCUT2D eigenvalue weighted by Crippen LogP contribution is 2.28. The molecular weight excluding hydrogens is 346 g/mol. The fourth-order valence-electron chi connectivity index (χ4n) is 2.72. The average Bonchev–Trinajstić information content (AvgIpc) is 3.04. The van der Waals surface area contributed by atoms with Crippen molar-refractivity contribution >= 4 is 27.3 Å². The average molecular weight is 374 g/mol. The Balaban J connectivity index is 1.88. The second-order valence-electron chi connectivity index (χ2n) is 6.35. The highest BCUT2D eigenvalue weighted by molar-refractivity contribution is 7.91. The molecule has 2 heterocycles. The fraction of sp³-hybridized carbons (Fsp3) is 0.688. The van der Waals surface area contributed by atoms with Gasteiger partial charge in [-0.15, -0.1) is 11.3 Å². The standard InChI is InChI=1S/C16H27N3O3S2/c1-4-14-5-6-15(23-14)24(21,22)19-10-7-13(8-11-19)16(20)17-9-12-18(2)3/h5-6,13H,4,7-12H2,1-3H3,(H,17,20). The lowest BCUT2D eigenvalue weighted by atomic mass is 9.97. The summed E-state index contributed by atoms with van der Waals surface area (Å²) in [6.45, 7) is 4.26. The van der Waals surface area contributed by atoms with E-state index in [-0.39, 0.29) is 11.8 Å². The van der Waals surface area contributed by atoms with Crippen molar-refractivity contribution in [2.75, 3.05) is 40.3 Å². The highest BCUT2D eigenvalue weighted by Gasteiger charge is 2.32. The maximum Gasteiger partial charge on any atom is 0.252 e. The molecule has 6 nitrogen and oxygen atoms in total. The van der Waals surface area contributed by atoms with E-state index in [2.05, 4.69) is 5.32 Å². The lowest BCUT2D eigenvalue weighted by molar-refractivity contribution is -0.126. The number of rotatable bonds is 7. The Labute approximate surface area is 148 Å². The second kappa shape index (κ2) is 8.42. The van der Waals surface area contributed by atoms with E-state index in [0.717, 1.165) is 17.8 Å². The summed E-state index contributed by atoms with van der Waals surface area (Å²) < 4.78 is 27.3. The van der Waals surface area contributed by atoms with E-state index in [9.17, 15) is 13.2 Å². The molecule has 1 aliphatic rings. The Morgan fingerprint density at radius 2 is 2.00 bits per heavy atom. The summed E-state index contributed by atoms with van der Waals surface area (Å²) in [4.78, 5) is 15.2. The van der Waals surface area contributed by atoms with Crippen LogP contribution in [-0.4, -0.2) is 63.8 Å². The van der Waals surface area contributed by atoms with Gasteiger partial charge in [0, 0.05) is 37.0 Å². The van der Waals surface area contributed by atoms with Crippen LogP contribution in [0, 0.1) is 5.92 Å². The molecule has 1 saturated heterocycles. The van der Waals surface area contributed by atoms with Gasteiger partial charge in [-0.25, -0.2) is 8.42 Å². The van der Waals surface area contributed by atoms with Gasteiger partial charge in [0.25, 0.3) is 10.0 Å². The molecule has 1 fully saturated rings. The zero-order chi connectivity index (χ0) is 17.7. The molecule has 0 saturated carbocycles. The molecule has 0 bridgehead atoms. The molecule has 0 spiro atoms. The van der Waals surface area contributed by atoms with Crippen molar-refractivity contribution in [1.29, 1.82) is 0 Å². The van der Waals surface area contributed by atoms with Crippen LogP contribution in [-0.2, 0) is 21.2 Å². The SMILES string of the molecule is CCc1ccc(S(=O)(=O)N2CCC(C(=O)NCCN(C)C)CC2)s1. The molecule has 1 amide bonds. The van der Waals surface area contributed by atoms with E-state index in [1.807, 2.05) is 32.0 Å². The molecule has 8 heteroatoms. The minimum atomic E-state index is -3.42. The summed E-state index contributed by atoms with van der Waals surface area (Å²) in [6.07, 6.45) is 2.01. The van der Waals surface area contributed by atoms with Gasteiger partial charge in [0.2, 0.25) is 5.91 Å². The van der Waals surface area contributed by atoms with Crippen LogP contribution in [0.3, 0.4) is 0 Å². The van der Waals surface area contributed by atoms with Gasteiger partial charge in [0.05, 0.1) is 0 Å². The van der Waals surface area contributed by atoms with E-state index in [0.29, 0.717) is 36.7 Å². The number of amides is 1. The quantitative estimate of drug-likeness (QED) is 0.784. The van der Waals surface area contributed by atoms with E-state index in [1.54, 1.807) is 6.07 Å². The molecule has 0 aliphatic carbocycles. The number of carbonyl (C=O) groups excluding carboxylic acids is 1. The van der Waals surface area contributed by atoms with Crippen molar-refractivity contribution < 1.29 is 13.2 Å². The molecule has 0 unspecified atom stereocenters. The second-order valence-corrected chi connectivity index (χ2v) is 9.68. The number of hydrogen-bond donors (Lipinski definition) is 1. The molecule has 1 N–H and O–H groups in total. The molecule has 0 atom stereocenters. The summed E-state index contributed by atoms with van der Waals surface area (Å²) in [7, 11) is 0.510. The van der Waals surface area contributed by atoms with Gasteiger partial charge in [-0.3, -0.25) is 4.79 Å². The van der Waals surface area contributed by atoms with Crippen LogP contribution >= 0.6 is 11.3 Å². The lowest BCUT2D eigenvalue weighted by Gasteiger charge is -2.30. The van der Waals surface area contributed by atoms with Crippen LogP contribution in [0.1, 0.15) is 24.6 Å². The van der Waals surface area contributed by atoms with Crippen molar-refractivity contribution in [2.24, 2.45) is 5.92 Å². The van der Waals surface area contributed by atoms with Gasteiger partial charge < -0.3 is 10.2 Å². The van der Waals surface area contributed by atoms with Gasteiger partial charge in [-0.2, -0.15) is 4.31 Å². The Morgan fingerprint density at radius 1 is 1.33 bits per heavy atom. The van der Waals surface area contributed by atoms with Crippen LogP contribution < -0.4 is 5.32 Å². The molecule has 24 heavy (non-hydrogen) atoms. The summed E-state index contributed by atoms with van der Waals surface area (Å²) in [5, 5.41) is 2.93. The molecule has 2 rings (SSSR count). The third-order valence-electron chi connectivity index (χ3n) is 4.26. The maximum absolute atomic E-state index is 12.7. The first-order chi connectivity index (χ1) is 11.3. The molecule has 136 valence electrons. The third kappa shape index (κ3) is 4.78. The Kier molecular flexibility index (Phi) is 6.79. The summed E-state index contributed by atoms with van der Waals surface area (Å²) in [5.74, 6) is -0.0496. The number of aryl methyl sites for hydroxylation is 1. The Morgan fingerprint density at radius 3 is 2.54 bits per heavy atom. The van der Waals surface area contributed by atoms with E-state index < -0.39 is 10.0 Å². The minimum Gasteiger partial charge on any atom is -0.355 e. The highest BCUT2D eigenvalue weighted by atomic mass is 32.2. The van der Waals surface area contributed by atoms with Crippen molar-refractivity contribution in [3.8, 4) is 0 Å². The van der Waals surface area contributed by atoms with Crippen molar-refractivity contribution in [2.45, 2.75) is 30.4 Å². The first-order valence-electron chi connectivity index (χ1n) is 8.36. The van der Waals surface area contributed by atoms with Crippen LogP contribution in [0.2, 0.25) is 0 Å². The number of nitrogens with zero attached hydrogens (tertiary/aromatic N) is 2. The number of sulfonamides is 1. The largest absolute Gasteiger partial charge is 0.355 e. The van der Waals surface area contributed by atoms with Gasteiger partial charge in [-0.05, 0) is 45.5 Å². The summed E-state index contributed by atoms with van der Waals surface area (Å²) in [6, 6.07) is 3.57. The third-order valence-corrected chi connectivity index (χ3v) is 7.86. The number of carbonyl (C=O) groups is 1. The first-order valence-corrected chi connectivity index (χ1v) is 10.6. The van der Waals surface area contributed by atoms with Crippen LogP contribution in [0.25, 0.3) is 0 Å². The lowest BCUT2D eigenvalue weighted by Crippen LogP contribution is -2.43. The number of thiophene rings is 1. The Bertz CT molecular complexity index is 647. The van der Waals surface area contributed by atoms with E-state index >= 15 is 0 Å². The molecular formula is C16H27N3O3S2. The first kappa shape index (κ1) is 19.4. The van der Waals surface area contributed by atoms with Crippen molar-refractivity contribution in [1.82, 2.24) is 14.5 Å². The van der Waals surface area contributed by atoms with Crippen LogP contribution in [0.4, 0.5) is 0 Å². The molecule has 0 radical (unpaired) electrons. The van der Waals surface area contributed by atoms with E-state index in [4.69, 9.17) is 0 Å². The predicted molar refractivity (Wildman–Crippen MR) is 96.7 cm³/mol. The summed E-state index contributed by atoms with van der Waals surface area (Å²) in [5.41, 5.74) is 0. The van der Waals surface area contributed by atoms with Crippen LogP contribution in [0.15, 0.2) is 16.3 Å². The van der Waals surface area contributed by atoms with Gasteiger partial charge >= 0.3 is 0 Å². The minimum absolute atomic E-state index is 0.0401. The monoisotopic (exact) mass is 373 g/mol. The number of likely N-dealkylation sites (N-methyl/N-ethyl adjacent to an activating group) is 1. The molecule has 1 aromatic rings. The van der Waals surface area contributed by atoms with Gasteiger partial charge in [0.15, 0.2) is 0 Å². The molecule has 0 aromatic carbocycles. The summed E-state index contributed by atoms with van der Waals surface area (Å²) >= 11 is 1.34. The van der Waals surface area contributed by atoms with Crippen molar-refractivity contribution in [3.63, 3.8) is 0 Å². The topological polar surface area (TPSA) is 69.7 Å². The molecule has 1 aromatic heterocycles. The smallest absolute Gasteiger partial charge is 0.252 e.